The van der Waals surface area contributed by atoms with Crippen molar-refractivity contribution < 1.29 is 4.79 Å². The number of hydrogen-bond donors (Lipinski definition) is 1. The summed E-state index contributed by atoms with van der Waals surface area (Å²) in [6, 6.07) is 0.407. The Bertz CT molecular complexity index is 170. The van der Waals surface area contributed by atoms with E-state index in [0.29, 0.717) is 12.0 Å². The second-order valence-electron chi connectivity index (χ2n) is 3.78. The summed E-state index contributed by atoms with van der Waals surface area (Å²) < 4.78 is 0. The van der Waals surface area contributed by atoms with Crippen LogP contribution in [-0.2, 0) is 4.79 Å². The smallest absolute Gasteiger partial charge is 0.222 e. The molecule has 0 spiro atoms. The van der Waals surface area contributed by atoms with Crippen molar-refractivity contribution in [3.8, 4) is 0 Å². The minimum atomic E-state index is 0.114. The van der Waals surface area contributed by atoms with Crippen LogP contribution < -0.4 is 5.32 Å². The molecule has 1 heterocycles. The molecule has 0 aromatic rings. The molecule has 0 bridgehead atoms. The summed E-state index contributed by atoms with van der Waals surface area (Å²) in [6.45, 7) is 6.06. The fraction of sp³-hybridized carbons (Fsp3) is 0.889. The lowest BCUT2D eigenvalue weighted by molar-refractivity contribution is -0.124. The van der Waals surface area contributed by atoms with Crippen molar-refractivity contribution in [3.05, 3.63) is 0 Å². The Morgan fingerprint density at radius 2 is 2.17 bits per heavy atom. The van der Waals surface area contributed by atoms with E-state index in [1.807, 2.05) is 25.6 Å². The molecule has 1 saturated heterocycles. The summed E-state index contributed by atoms with van der Waals surface area (Å²) >= 11 is 1.93. The van der Waals surface area contributed by atoms with Crippen molar-refractivity contribution in [1.82, 2.24) is 5.32 Å². The summed E-state index contributed by atoms with van der Waals surface area (Å²) in [6.07, 6.45) is 0. The molecule has 0 aromatic carbocycles. The van der Waals surface area contributed by atoms with Crippen LogP contribution in [0.5, 0.6) is 0 Å². The number of amides is 1. The fourth-order valence-electron chi connectivity index (χ4n) is 1.19. The van der Waals surface area contributed by atoms with E-state index >= 15 is 0 Å². The third kappa shape index (κ3) is 2.41. The van der Waals surface area contributed by atoms with Crippen molar-refractivity contribution in [1.29, 1.82) is 0 Å². The zero-order chi connectivity index (χ0) is 9.14. The van der Waals surface area contributed by atoms with Crippen LogP contribution in [0.3, 0.4) is 0 Å². The third-order valence-corrected chi connectivity index (χ3v) is 3.57. The molecule has 0 aliphatic carbocycles. The minimum Gasteiger partial charge on any atom is -0.352 e. The van der Waals surface area contributed by atoms with Gasteiger partial charge in [-0.25, -0.2) is 0 Å². The van der Waals surface area contributed by atoms with E-state index in [1.165, 1.54) is 5.75 Å². The Balaban J connectivity index is 2.35. The van der Waals surface area contributed by atoms with E-state index in [1.54, 1.807) is 0 Å². The van der Waals surface area contributed by atoms with Gasteiger partial charge in [0.2, 0.25) is 5.91 Å². The first kappa shape index (κ1) is 9.90. The number of rotatable bonds is 2. The summed E-state index contributed by atoms with van der Waals surface area (Å²) in [5.41, 5.74) is 0. The maximum atomic E-state index is 11.3. The molecule has 12 heavy (non-hydrogen) atoms. The van der Waals surface area contributed by atoms with E-state index in [0.717, 1.165) is 5.75 Å². The normalized spacial score (nSPS) is 29.3. The summed E-state index contributed by atoms with van der Waals surface area (Å²) in [5.74, 6) is 3.21. The molecule has 70 valence electrons. The fourth-order valence-corrected chi connectivity index (χ4v) is 2.60. The highest BCUT2D eigenvalue weighted by molar-refractivity contribution is 7.99. The molecule has 1 aliphatic rings. The molecule has 2 nitrogen and oxygen atoms in total. The molecule has 1 aliphatic heterocycles. The predicted molar refractivity (Wildman–Crippen MR) is 53.3 cm³/mol. The second-order valence-corrected chi connectivity index (χ2v) is 4.86. The zero-order valence-corrected chi connectivity index (χ0v) is 8.78. The molecule has 1 N–H and O–H groups in total. The molecule has 0 radical (unpaired) electrons. The van der Waals surface area contributed by atoms with Crippen LogP contribution in [0.2, 0.25) is 0 Å². The maximum Gasteiger partial charge on any atom is 0.222 e. The Kier molecular flexibility index (Phi) is 3.44. The average Bonchev–Trinajstić information content (AvgIpc) is 2.36. The Morgan fingerprint density at radius 1 is 1.50 bits per heavy atom. The highest BCUT2D eigenvalue weighted by atomic mass is 32.2. The number of carbonyl (C=O) groups excluding carboxylic acids is 1. The number of hydrogen-bond acceptors (Lipinski definition) is 2. The van der Waals surface area contributed by atoms with E-state index in [2.05, 4.69) is 12.2 Å². The predicted octanol–water partition coefficient (Wildman–Crippen LogP) is 1.51. The lowest BCUT2D eigenvalue weighted by Crippen LogP contribution is -2.40. The Hall–Kier alpha value is -0.180. The summed E-state index contributed by atoms with van der Waals surface area (Å²) in [7, 11) is 0. The largest absolute Gasteiger partial charge is 0.352 e. The van der Waals surface area contributed by atoms with Crippen molar-refractivity contribution in [2.45, 2.75) is 26.8 Å². The number of carbonyl (C=O) groups is 1. The van der Waals surface area contributed by atoms with Gasteiger partial charge in [-0.3, -0.25) is 4.79 Å². The summed E-state index contributed by atoms with van der Waals surface area (Å²) in [4.78, 5) is 11.3. The van der Waals surface area contributed by atoms with Crippen molar-refractivity contribution in [2.24, 2.45) is 11.8 Å². The zero-order valence-electron chi connectivity index (χ0n) is 7.96. The highest BCUT2D eigenvalue weighted by Crippen LogP contribution is 2.23. The first-order chi connectivity index (χ1) is 5.61. The van der Waals surface area contributed by atoms with Gasteiger partial charge in [-0.05, 0) is 11.7 Å². The SMILES string of the molecule is CC(C)C(=O)NC1CSCC1C. The van der Waals surface area contributed by atoms with Gasteiger partial charge in [0.05, 0.1) is 0 Å². The van der Waals surface area contributed by atoms with Crippen LogP contribution in [0.15, 0.2) is 0 Å². The van der Waals surface area contributed by atoms with Crippen LogP contribution in [0.1, 0.15) is 20.8 Å². The van der Waals surface area contributed by atoms with Gasteiger partial charge in [0.25, 0.3) is 0 Å². The van der Waals surface area contributed by atoms with Crippen LogP contribution >= 0.6 is 11.8 Å². The standard InChI is InChI=1S/C9H17NOS/c1-6(2)9(11)10-8-5-12-4-7(8)3/h6-8H,4-5H2,1-3H3,(H,10,11). The monoisotopic (exact) mass is 187 g/mol. The van der Waals surface area contributed by atoms with E-state index in [4.69, 9.17) is 0 Å². The molecule has 1 rings (SSSR count). The lowest BCUT2D eigenvalue weighted by Gasteiger charge is -2.17. The molecule has 1 amide bonds. The molecule has 0 aromatic heterocycles. The molecule has 2 atom stereocenters. The molecular formula is C9H17NOS. The third-order valence-electron chi connectivity index (χ3n) is 2.22. The van der Waals surface area contributed by atoms with Gasteiger partial charge < -0.3 is 5.32 Å². The van der Waals surface area contributed by atoms with Gasteiger partial charge >= 0.3 is 0 Å². The van der Waals surface area contributed by atoms with Crippen LogP contribution in [-0.4, -0.2) is 23.5 Å². The van der Waals surface area contributed by atoms with E-state index in [9.17, 15) is 4.79 Å². The average molecular weight is 187 g/mol. The van der Waals surface area contributed by atoms with Crippen LogP contribution in [0.4, 0.5) is 0 Å². The van der Waals surface area contributed by atoms with Crippen LogP contribution in [0, 0.1) is 11.8 Å². The van der Waals surface area contributed by atoms with Gasteiger partial charge in [0.15, 0.2) is 0 Å². The minimum absolute atomic E-state index is 0.114. The van der Waals surface area contributed by atoms with Gasteiger partial charge in [0, 0.05) is 17.7 Å². The van der Waals surface area contributed by atoms with E-state index < -0.39 is 0 Å². The van der Waals surface area contributed by atoms with Crippen molar-refractivity contribution in [3.63, 3.8) is 0 Å². The van der Waals surface area contributed by atoms with Crippen molar-refractivity contribution in [2.75, 3.05) is 11.5 Å². The topological polar surface area (TPSA) is 29.1 Å². The molecular weight excluding hydrogens is 170 g/mol. The van der Waals surface area contributed by atoms with Gasteiger partial charge in [0.1, 0.15) is 0 Å². The number of thioether (sulfide) groups is 1. The quantitative estimate of drug-likeness (QED) is 0.710. The lowest BCUT2D eigenvalue weighted by atomic mass is 10.1. The van der Waals surface area contributed by atoms with E-state index in [-0.39, 0.29) is 11.8 Å². The molecule has 2 unspecified atom stereocenters. The second kappa shape index (κ2) is 4.17. The first-order valence-electron chi connectivity index (χ1n) is 4.49. The Morgan fingerprint density at radius 3 is 2.58 bits per heavy atom. The maximum absolute atomic E-state index is 11.3. The van der Waals surface area contributed by atoms with Crippen molar-refractivity contribution >= 4 is 17.7 Å². The van der Waals surface area contributed by atoms with Gasteiger partial charge in [-0.1, -0.05) is 20.8 Å². The Labute approximate surface area is 78.5 Å². The van der Waals surface area contributed by atoms with Gasteiger partial charge in [-0.15, -0.1) is 0 Å². The molecule has 0 saturated carbocycles. The number of nitrogens with one attached hydrogen (secondary N) is 1. The summed E-state index contributed by atoms with van der Waals surface area (Å²) in [5, 5.41) is 3.07. The van der Waals surface area contributed by atoms with Gasteiger partial charge in [-0.2, -0.15) is 11.8 Å². The molecule has 3 heteroatoms. The van der Waals surface area contributed by atoms with Crippen LogP contribution in [0.25, 0.3) is 0 Å². The highest BCUT2D eigenvalue weighted by Gasteiger charge is 2.25. The first-order valence-corrected chi connectivity index (χ1v) is 5.65. The molecule has 1 fully saturated rings.